The van der Waals surface area contributed by atoms with Gasteiger partial charge in [0.05, 0.1) is 11.9 Å². The highest BCUT2D eigenvalue weighted by Crippen LogP contribution is 2.18. The van der Waals surface area contributed by atoms with Crippen molar-refractivity contribution in [1.82, 2.24) is 0 Å². The molecule has 0 spiro atoms. The zero-order valence-electron chi connectivity index (χ0n) is 10.0. The molecule has 1 saturated heterocycles. The van der Waals surface area contributed by atoms with Crippen molar-refractivity contribution >= 4 is 9.84 Å². The molecular formula is C11H23NO3S. The molecule has 2 atom stereocenters. The topological polar surface area (TPSA) is 69.4 Å². The molecule has 0 aromatic heterocycles. The summed E-state index contributed by atoms with van der Waals surface area (Å²) in [4.78, 5) is 0. The number of ether oxygens (including phenoxy) is 1. The Balaban J connectivity index is 2.11. The van der Waals surface area contributed by atoms with Gasteiger partial charge in [-0.3, -0.25) is 0 Å². The normalized spacial score (nSPS) is 24.2. The molecule has 4 nitrogen and oxygen atoms in total. The van der Waals surface area contributed by atoms with Crippen LogP contribution in [0.5, 0.6) is 0 Å². The van der Waals surface area contributed by atoms with Crippen LogP contribution in [-0.4, -0.2) is 39.2 Å². The van der Waals surface area contributed by atoms with Crippen LogP contribution in [0.4, 0.5) is 0 Å². The predicted octanol–water partition coefficient (Wildman–Crippen LogP) is 1.10. The highest BCUT2D eigenvalue weighted by atomic mass is 32.2. The quantitative estimate of drug-likeness (QED) is 0.765. The second-order valence-electron chi connectivity index (χ2n) is 4.74. The third kappa shape index (κ3) is 6.45. The van der Waals surface area contributed by atoms with E-state index >= 15 is 0 Å². The first-order valence-corrected chi connectivity index (χ1v) is 8.08. The summed E-state index contributed by atoms with van der Waals surface area (Å²) in [6.07, 6.45) is 7.51. The van der Waals surface area contributed by atoms with E-state index in [0.29, 0.717) is 12.5 Å². The van der Waals surface area contributed by atoms with E-state index in [4.69, 9.17) is 10.5 Å². The standard InChI is InChI=1S/C11H23NO3S/c1-16(13,14)9-7-10(12)5-6-11-4-2-3-8-15-11/h10-11H,2-9,12H2,1H3. The number of hydrogen-bond donors (Lipinski definition) is 1. The van der Waals surface area contributed by atoms with Crippen LogP contribution in [0.3, 0.4) is 0 Å². The van der Waals surface area contributed by atoms with Gasteiger partial charge in [0, 0.05) is 18.9 Å². The Bertz CT molecular complexity index is 284. The first-order chi connectivity index (χ1) is 7.47. The molecule has 0 bridgehead atoms. The van der Waals surface area contributed by atoms with E-state index in [0.717, 1.165) is 32.3 Å². The largest absolute Gasteiger partial charge is 0.378 e. The Hall–Kier alpha value is -0.130. The second-order valence-corrected chi connectivity index (χ2v) is 7.00. The minimum Gasteiger partial charge on any atom is -0.378 e. The van der Waals surface area contributed by atoms with Crippen molar-refractivity contribution in [1.29, 1.82) is 0 Å². The van der Waals surface area contributed by atoms with Gasteiger partial charge in [0.25, 0.3) is 0 Å². The lowest BCUT2D eigenvalue weighted by molar-refractivity contribution is 0.00912. The van der Waals surface area contributed by atoms with Crippen LogP contribution in [0.15, 0.2) is 0 Å². The maximum absolute atomic E-state index is 11.0. The summed E-state index contributed by atoms with van der Waals surface area (Å²) in [5.41, 5.74) is 5.88. The van der Waals surface area contributed by atoms with Crippen LogP contribution in [-0.2, 0) is 14.6 Å². The van der Waals surface area contributed by atoms with Crippen LogP contribution < -0.4 is 5.73 Å². The van der Waals surface area contributed by atoms with Gasteiger partial charge in [-0.2, -0.15) is 0 Å². The molecular weight excluding hydrogens is 226 g/mol. The maximum Gasteiger partial charge on any atom is 0.147 e. The van der Waals surface area contributed by atoms with Gasteiger partial charge < -0.3 is 10.5 Å². The Morgan fingerprint density at radius 3 is 2.69 bits per heavy atom. The molecule has 2 N–H and O–H groups in total. The van der Waals surface area contributed by atoms with E-state index in [2.05, 4.69) is 0 Å². The molecule has 16 heavy (non-hydrogen) atoms. The van der Waals surface area contributed by atoms with Gasteiger partial charge in [-0.1, -0.05) is 0 Å². The van der Waals surface area contributed by atoms with Crippen LogP contribution >= 0.6 is 0 Å². The summed E-state index contributed by atoms with van der Waals surface area (Å²) in [6.45, 7) is 0.864. The Labute approximate surface area is 98.5 Å². The molecule has 0 amide bonds. The van der Waals surface area contributed by atoms with E-state index in [1.54, 1.807) is 0 Å². The number of hydrogen-bond acceptors (Lipinski definition) is 4. The van der Waals surface area contributed by atoms with Crippen molar-refractivity contribution < 1.29 is 13.2 Å². The first kappa shape index (κ1) is 13.9. The molecule has 1 fully saturated rings. The zero-order chi connectivity index (χ0) is 12.0. The summed E-state index contributed by atoms with van der Waals surface area (Å²) >= 11 is 0. The fourth-order valence-corrected chi connectivity index (χ4v) is 2.68. The number of sulfone groups is 1. The number of rotatable bonds is 6. The maximum atomic E-state index is 11.0. The fraction of sp³-hybridized carbons (Fsp3) is 1.00. The SMILES string of the molecule is CS(=O)(=O)CCC(N)CCC1CCCCO1. The van der Waals surface area contributed by atoms with Crippen molar-refractivity contribution in [3.8, 4) is 0 Å². The summed E-state index contributed by atoms with van der Waals surface area (Å²) in [5, 5.41) is 0. The lowest BCUT2D eigenvalue weighted by Crippen LogP contribution is -2.27. The van der Waals surface area contributed by atoms with E-state index in [1.807, 2.05) is 0 Å². The third-order valence-corrected chi connectivity index (χ3v) is 3.97. The average molecular weight is 249 g/mol. The molecule has 5 heteroatoms. The summed E-state index contributed by atoms with van der Waals surface area (Å²) < 4.78 is 27.5. The molecule has 1 heterocycles. The van der Waals surface area contributed by atoms with Crippen molar-refractivity contribution in [2.45, 2.75) is 50.7 Å². The van der Waals surface area contributed by atoms with Gasteiger partial charge in [0.15, 0.2) is 0 Å². The van der Waals surface area contributed by atoms with Gasteiger partial charge in [-0.05, 0) is 38.5 Å². The molecule has 1 rings (SSSR count). The van der Waals surface area contributed by atoms with Gasteiger partial charge in [-0.15, -0.1) is 0 Å². The molecule has 1 aliphatic heterocycles. The molecule has 96 valence electrons. The van der Waals surface area contributed by atoms with Gasteiger partial charge in [0.2, 0.25) is 0 Å². The van der Waals surface area contributed by atoms with Crippen molar-refractivity contribution in [3.63, 3.8) is 0 Å². The Morgan fingerprint density at radius 2 is 2.12 bits per heavy atom. The van der Waals surface area contributed by atoms with Crippen LogP contribution in [0.1, 0.15) is 38.5 Å². The average Bonchev–Trinajstić information content (AvgIpc) is 2.24. The number of nitrogens with two attached hydrogens (primary N) is 1. The molecule has 0 aromatic carbocycles. The second kappa shape index (κ2) is 6.57. The molecule has 0 saturated carbocycles. The minimum atomic E-state index is -2.87. The monoisotopic (exact) mass is 249 g/mol. The minimum absolute atomic E-state index is 0.0137. The molecule has 2 unspecified atom stereocenters. The summed E-state index contributed by atoms with van der Waals surface area (Å²) in [5.74, 6) is 0.194. The summed E-state index contributed by atoms with van der Waals surface area (Å²) in [6, 6.07) is -0.0137. The fourth-order valence-electron chi connectivity index (χ4n) is 1.94. The zero-order valence-corrected chi connectivity index (χ0v) is 10.8. The predicted molar refractivity (Wildman–Crippen MR) is 65.1 cm³/mol. The van der Waals surface area contributed by atoms with Gasteiger partial charge in [0.1, 0.15) is 9.84 Å². The van der Waals surface area contributed by atoms with E-state index < -0.39 is 9.84 Å². The van der Waals surface area contributed by atoms with E-state index in [1.165, 1.54) is 12.7 Å². The summed E-state index contributed by atoms with van der Waals surface area (Å²) in [7, 11) is -2.87. The lowest BCUT2D eigenvalue weighted by atomic mass is 10.0. The van der Waals surface area contributed by atoms with Crippen molar-refractivity contribution in [3.05, 3.63) is 0 Å². The van der Waals surface area contributed by atoms with E-state index in [-0.39, 0.29) is 11.8 Å². The Kier molecular flexibility index (Phi) is 5.72. The molecule has 0 aliphatic carbocycles. The van der Waals surface area contributed by atoms with Crippen LogP contribution in [0, 0.1) is 0 Å². The third-order valence-electron chi connectivity index (χ3n) is 2.99. The van der Waals surface area contributed by atoms with Crippen LogP contribution in [0.25, 0.3) is 0 Å². The highest BCUT2D eigenvalue weighted by Gasteiger charge is 2.15. The lowest BCUT2D eigenvalue weighted by Gasteiger charge is -2.23. The highest BCUT2D eigenvalue weighted by molar-refractivity contribution is 7.90. The smallest absolute Gasteiger partial charge is 0.147 e. The molecule has 0 radical (unpaired) electrons. The van der Waals surface area contributed by atoms with Crippen molar-refractivity contribution in [2.24, 2.45) is 5.73 Å². The van der Waals surface area contributed by atoms with Crippen molar-refractivity contribution in [2.75, 3.05) is 18.6 Å². The van der Waals surface area contributed by atoms with Crippen LogP contribution in [0.2, 0.25) is 0 Å². The molecule has 1 aliphatic rings. The first-order valence-electron chi connectivity index (χ1n) is 6.02. The van der Waals surface area contributed by atoms with Gasteiger partial charge >= 0.3 is 0 Å². The Morgan fingerprint density at radius 1 is 1.38 bits per heavy atom. The van der Waals surface area contributed by atoms with E-state index in [9.17, 15) is 8.42 Å². The van der Waals surface area contributed by atoms with Gasteiger partial charge in [-0.25, -0.2) is 8.42 Å². The molecule has 0 aromatic rings.